The molecule has 0 amide bonds. The van der Waals surface area contributed by atoms with E-state index in [1.165, 1.54) is 0 Å². The summed E-state index contributed by atoms with van der Waals surface area (Å²) in [6, 6.07) is 5.72. The van der Waals surface area contributed by atoms with Crippen LogP contribution in [0, 0.1) is 25.1 Å². The van der Waals surface area contributed by atoms with Crippen molar-refractivity contribution in [3.63, 3.8) is 0 Å². The van der Waals surface area contributed by atoms with E-state index in [2.05, 4.69) is 4.98 Å². The Balaban J connectivity index is 0.000000276. The predicted molar refractivity (Wildman–Crippen MR) is 64.4 cm³/mol. The normalized spacial score (nSPS) is 17.2. The van der Waals surface area contributed by atoms with E-state index in [0.717, 1.165) is 0 Å². The Morgan fingerprint density at radius 3 is 2.15 bits per heavy atom. The first-order valence-electron chi connectivity index (χ1n) is 5.15. The summed E-state index contributed by atoms with van der Waals surface area (Å²) in [5.41, 5.74) is -0.863. The fourth-order valence-corrected chi connectivity index (χ4v) is 1.17. The maximum atomic E-state index is 10.8. The Kier molecular flexibility index (Phi) is 4.97. The Morgan fingerprint density at radius 1 is 1.20 bits per heavy atom. The van der Waals surface area contributed by atoms with Gasteiger partial charge < -0.3 is 5.11 Å². The third-order valence-electron chi connectivity index (χ3n) is 2.06. The monoisotopic (exact) mass is 281 g/mol. The molecule has 0 aromatic carbocycles. The zero-order valence-corrected chi connectivity index (χ0v) is 9.90. The van der Waals surface area contributed by atoms with Gasteiger partial charge in [-0.1, -0.05) is 6.07 Å². The molecular weight excluding hydrogens is 272 g/mol. The summed E-state index contributed by atoms with van der Waals surface area (Å²) in [4.78, 5) is 33.0. The molecule has 0 fully saturated rings. The lowest BCUT2D eigenvalue weighted by atomic mass is 10.2. The molecule has 1 atom stereocenters. The van der Waals surface area contributed by atoms with Crippen LogP contribution in [0.1, 0.15) is 0 Å². The van der Waals surface area contributed by atoms with E-state index in [9.17, 15) is 25.1 Å². The van der Waals surface area contributed by atoms with Gasteiger partial charge in [0.1, 0.15) is 10.8 Å². The number of nitroso groups, excluding NO2 is 1. The third-order valence-corrected chi connectivity index (χ3v) is 2.06. The Bertz CT molecular complexity index is 556. The van der Waals surface area contributed by atoms with Crippen molar-refractivity contribution in [2.45, 2.75) is 6.17 Å². The molecule has 1 aromatic heterocycles. The van der Waals surface area contributed by atoms with Crippen LogP contribution in [0.15, 0.2) is 54.3 Å². The standard InChI is InChI=1S/C5H3N3O6.C5H5N/c9-4-1-5(8(13)14)6(10)2-3(4)7(11)12;1-2-4-6-5-3-1/h1-2,5H;1-5H/p+1. The zero-order chi connectivity index (χ0) is 15.1. The Hall–Kier alpha value is -3.17. The lowest BCUT2D eigenvalue weighted by Crippen LogP contribution is -2.31. The van der Waals surface area contributed by atoms with Crippen LogP contribution in [0.2, 0.25) is 0 Å². The first-order chi connectivity index (χ1) is 9.43. The molecule has 20 heavy (non-hydrogen) atoms. The molecule has 1 aromatic rings. The molecule has 2 heterocycles. The number of hydrogen-bond acceptors (Lipinski definition) is 7. The van der Waals surface area contributed by atoms with Crippen LogP contribution in [0.3, 0.4) is 0 Å². The number of aliphatic hydroxyl groups excluding tert-OH is 1. The zero-order valence-electron chi connectivity index (χ0n) is 9.90. The smallest absolute Gasteiger partial charge is 0.470 e. The number of aliphatic hydroxyl groups is 1. The molecule has 0 saturated heterocycles. The fourth-order valence-electron chi connectivity index (χ4n) is 1.17. The highest BCUT2D eigenvalue weighted by atomic mass is 16.6. The number of nitro groups is 2. The molecule has 10 nitrogen and oxygen atoms in total. The second-order valence-electron chi connectivity index (χ2n) is 3.41. The summed E-state index contributed by atoms with van der Waals surface area (Å²) in [6.07, 6.45) is 2.55. The summed E-state index contributed by atoms with van der Waals surface area (Å²) in [5.74, 6) is -0.885. The van der Waals surface area contributed by atoms with Crippen LogP contribution < -0.4 is 0 Å². The Morgan fingerprint density at radius 2 is 1.80 bits per heavy atom. The molecule has 0 radical (unpaired) electrons. The van der Waals surface area contributed by atoms with Crippen LogP contribution in [0.25, 0.3) is 0 Å². The van der Waals surface area contributed by atoms with Crippen LogP contribution in [-0.4, -0.2) is 30.9 Å². The summed E-state index contributed by atoms with van der Waals surface area (Å²) in [5, 5.41) is 29.3. The van der Waals surface area contributed by atoms with Crippen molar-refractivity contribution in [1.82, 2.24) is 4.98 Å². The molecule has 1 aliphatic rings. The predicted octanol–water partition coefficient (Wildman–Crippen LogP) is 1.02. The minimum Gasteiger partial charge on any atom is -0.502 e. The van der Waals surface area contributed by atoms with E-state index in [-0.39, 0.29) is 4.76 Å². The van der Waals surface area contributed by atoms with Gasteiger partial charge in [-0.3, -0.25) is 25.2 Å². The molecule has 104 valence electrons. The van der Waals surface area contributed by atoms with Crippen molar-refractivity contribution >= 4 is 0 Å². The summed E-state index contributed by atoms with van der Waals surface area (Å²) >= 11 is 0. The van der Waals surface area contributed by atoms with Gasteiger partial charge in [0.25, 0.3) is 0 Å². The highest BCUT2D eigenvalue weighted by molar-refractivity contribution is 5.18. The van der Waals surface area contributed by atoms with Crippen molar-refractivity contribution in [3.05, 3.63) is 79.5 Å². The second kappa shape index (κ2) is 6.68. The topological polar surface area (TPSA) is 139 Å². The molecule has 1 aliphatic heterocycles. The molecule has 0 bridgehead atoms. The van der Waals surface area contributed by atoms with Gasteiger partial charge in [0.2, 0.25) is 5.76 Å². The highest BCUT2D eigenvalue weighted by Crippen LogP contribution is 2.15. The maximum Gasteiger partial charge on any atom is 0.470 e. The number of pyridine rings is 1. The Labute approximate surface area is 111 Å². The van der Waals surface area contributed by atoms with E-state index in [1.54, 1.807) is 12.4 Å². The molecular formula is C10H9N4O6+. The summed E-state index contributed by atoms with van der Waals surface area (Å²) in [7, 11) is 0. The van der Waals surface area contributed by atoms with Gasteiger partial charge in [-0.05, 0) is 12.1 Å². The second-order valence-corrected chi connectivity index (χ2v) is 3.41. The SMILES string of the molecule is O=[N+]([O-])C1=C[N+](=O)C([N+](=O)[O-])C=C1O.c1ccncc1. The van der Waals surface area contributed by atoms with Crippen molar-refractivity contribution in [2.24, 2.45) is 0 Å². The van der Waals surface area contributed by atoms with Crippen LogP contribution in [0.4, 0.5) is 0 Å². The van der Waals surface area contributed by atoms with E-state index in [1.807, 2.05) is 18.2 Å². The van der Waals surface area contributed by atoms with Gasteiger partial charge in [0.05, 0.1) is 9.85 Å². The van der Waals surface area contributed by atoms with Crippen molar-refractivity contribution in [3.8, 4) is 0 Å². The van der Waals surface area contributed by atoms with Gasteiger partial charge in [-0.25, -0.2) is 0 Å². The van der Waals surface area contributed by atoms with Crippen LogP contribution in [0.5, 0.6) is 0 Å². The number of aromatic nitrogens is 1. The first kappa shape index (κ1) is 14.9. The van der Waals surface area contributed by atoms with Gasteiger partial charge in [0.15, 0.2) is 0 Å². The minimum atomic E-state index is -1.82. The van der Waals surface area contributed by atoms with Crippen molar-refractivity contribution in [2.75, 3.05) is 0 Å². The lowest BCUT2D eigenvalue weighted by Gasteiger charge is -2.00. The molecule has 10 heteroatoms. The average Bonchev–Trinajstić information content (AvgIpc) is 2.43. The van der Waals surface area contributed by atoms with E-state index in [4.69, 9.17) is 5.11 Å². The molecule has 0 saturated carbocycles. The third kappa shape index (κ3) is 3.94. The summed E-state index contributed by atoms with van der Waals surface area (Å²) in [6.45, 7) is 0. The largest absolute Gasteiger partial charge is 0.502 e. The molecule has 2 rings (SSSR count). The van der Waals surface area contributed by atoms with E-state index >= 15 is 0 Å². The van der Waals surface area contributed by atoms with Crippen molar-refractivity contribution in [1.29, 1.82) is 0 Å². The van der Waals surface area contributed by atoms with Crippen LogP contribution in [-0.2, 0) is 0 Å². The molecule has 1 N–H and O–H groups in total. The minimum absolute atomic E-state index is 0.210. The van der Waals surface area contributed by atoms with Gasteiger partial charge in [-0.2, -0.15) is 0 Å². The van der Waals surface area contributed by atoms with Gasteiger partial charge >= 0.3 is 18.1 Å². The number of nitrogens with zero attached hydrogens (tertiary/aromatic N) is 4. The quantitative estimate of drug-likeness (QED) is 0.484. The number of rotatable bonds is 2. The van der Waals surface area contributed by atoms with E-state index in [0.29, 0.717) is 12.3 Å². The lowest BCUT2D eigenvalue weighted by molar-refractivity contribution is -0.730. The molecule has 0 aliphatic carbocycles. The van der Waals surface area contributed by atoms with Crippen LogP contribution >= 0.6 is 0 Å². The van der Waals surface area contributed by atoms with Gasteiger partial charge in [-0.15, -0.1) is 0 Å². The number of hydrogen-bond donors (Lipinski definition) is 1. The van der Waals surface area contributed by atoms with E-state index < -0.39 is 27.5 Å². The maximum absolute atomic E-state index is 10.8. The average molecular weight is 281 g/mol. The first-order valence-corrected chi connectivity index (χ1v) is 5.15. The molecule has 0 spiro atoms. The van der Waals surface area contributed by atoms with Gasteiger partial charge in [0, 0.05) is 17.3 Å². The summed E-state index contributed by atoms with van der Waals surface area (Å²) < 4.78 is -0.210. The fraction of sp³-hybridized carbons (Fsp3) is 0.100. The molecule has 1 unspecified atom stereocenters. The van der Waals surface area contributed by atoms with Crippen molar-refractivity contribution < 1.29 is 19.7 Å². The highest BCUT2D eigenvalue weighted by Gasteiger charge is 2.43.